The Morgan fingerprint density at radius 3 is 2.77 bits per heavy atom. The van der Waals surface area contributed by atoms with E-state index >= 15 is 0 Å². The van der Waals surface area contributed by atoms with E-state index in [9.17, 15) is 4.79 Å². The molecule has 1 fully saturated rings. The maximum atomic E-state index is 12.9. The molecule has 1 unspecified atom stereocenters. The van der Waals surface area contributed by atoms with Gasteiger partial charge in [0.25, 0.3) is 11.8 Å². The first-order valence-electron chi connectivity index (χ1n) is 9.96. The summed E-state index contributed by atoms with van der Waals surface area (Å²) in [4.78, 5) is 19.2. The molecule has 9 heteroatoms. The number of ether oxygens (including phenoxy) is 1. The zero-order valence-electron chi connectivity index (χ0n) is 16.9. The van der Waals surface area contributed by atoms with Crippen molar-refractivity contribution in [3.8, 4) is 28.7 Å². The van der Waals surface area contributed by atoms with Crippen LogP contribution in [0.5, 0.6) is 5.75 Å². The number of amides is 1. The van der Waals surface area contributed by atoms with E-state index in [0.717, 1.165) is 12.0 Å². The Morgan fingerprint density at radius 2 is 1.94 bits per heavy atom. The van der Waals surface area contributed by atoms with Crippen LogP contribution in [-0.4, -0.2) is 56.1 Å². The van der Waals surface area contributed by atoms with Crippen molar-refractivity contribution in [2.75, 3.05) is 20.2 Å². The van der Waals surface area contributed by atoms with E-state index in [1.54, 1.807) is 30.1 Å². The van der Waals surface area contributed by atoms with Crippen molar-refractivity contribution < 1.29 is 14.1 Å². The maximum Gasteiger partial charge on any atom is 0.280 e. The third-order valence-corrected chi connectivity index (χ3v) is 5.35. The van der Waals surface area contributed by atoms with Crippen molar-refractivity contribution in [2.45, 2.75) is 12.5 Å². The molecule has 156 valence electrons. The summed E-state index contributed by atoms with van der Waals surface area (Å²) in [6, 6.07) is 16.9. The molecule has 1 aliphatic heterocycles. The van der Waals surface area contributed by atoms with E-state index in [0.29, 0.717) is 41.8 Å². The van der Waals surface area contributed by atoms with Gasteiger partial charge in [-0.05, 0) is 18.6 Å². The van der Waals surface area contributed by atoms with Crippen LogP contribution >= 0.6 is 0 Å². The van der Waals surface area contributed by atoms with Crippen LogP contribution < -0.4 is 4.74 Å². The van der Waals surface area contributed by atoms with Gasteiger partial charge in [-0.3, -0.25) is 4.79 Å². The van der Waals surface area contributed by atoms with Crippen LogP contribution in [0.25, 0.3) is 23.0 Å². The lowest BCUT2D eigenvalue weighted by molar-refractivity contribution is 0.0783. The van der Waals surface area contributed by atoms with E-state index < -0.39 is 0 Å². The molecule has 2 aromatic carbocycles. The van der Waals surface area contributed by atoms with Gasteiger partial charge in [0.1, 0.15) is 5.75 Å². The summed E-state index contributed by atoms with van der Waals surface area (Å²) in [6.45, 7) is 1.17. The molecule has 0 radical (unpaired) electrons. The lowest BCUT2D eigenvalue weighted by atomic mass is 10.2. The summed E-state index contributed by atoms with van der Waals surface area (Å²) in [5.41, 5.74) is 1.93. The molecular weight excluding hydrogens is 396 g/mol. The molecule has 0 bridgehead atoms. The third kappa shape index (κ3) is 3.65. The summed E-state index contributed by atoms with van der Waals surface area (Å²) in [7, 11) is 1.57. The van der Waals surface area contributed by atoms with Gasteiger partial charge in [-0.2, -0.15) is 4.98 Å². The minimum absolute atomic E-state index is 0.0245. The van der Waals surface area contributed by atoms with Gasteiger partial charge in [-0.1, -0.05) is 52.8 Å². The Bertz CT molecular complexity index is 1200. The number of likely N-dealkylation sites (tertiary alicyclic amines) is 1. The normalized spacial score (nSPS) is 15.9. The molecule has 1 aliphatic rings. The number of rotatable bonds is 5. The number of hydrogen-bond acceptors (Lipinski definition) is 7. The van der Waals surface area contributed by atoms with Gasteiger partial charge in [-0.15, -0.1) is 5.10 Å². The second kappa shape index (κ2) is 8.02. The molecule has 1 amide bonds. The molecule has 3 heterocycles. The predicted octanol–water partition coefficient (Wildman–Crippen LogP) is 3.09. The van der Waals surface area contributed by atoms with Crippen molar-refractivity contribution in [1.29, 1.82) is 0 Å². The Morgan fingerprint density at radius 1 is 1.13 bits per heavy atom. The summed E-state index contributed by atoms with van der Waals surface area (Å²) >= 11 is 0. The van der Waals surface area contributed by atoms with Crippen molar-refractivity contribution in [3.63, 3.8) is 0 Å². The zero-order chi connectivity index (χ0) is 21.2. The topological polar surface area (TPSA) is 99.2 Å². The van der Waals surface area contributed by atoms with Crippen LogP contribution in [0.15, 0.2) is 65.3 Å². The highest BCUT2D eigenvalue weighted by Crippen LogP contribution is 2.27. The lowest BCUT2D eigenvalue weighted by Gasteiger charge is -2.18. The van der Waals surface area contributed by atoms with Crippen LogP contribution in [-0.2, 0) is 0 Å². The molecule has 5 rings (SSSR count). The molecule has 9 nitrogen and oxygen atoms in total. The highest BCUT2D eigenvalue weighted by molar-refractivity contribution is 5.97. The number of methoxy groups -OCH3 is 1. The first-order chi connectivity index (χ1) is 15.2. The van der Waals surface area contributed by atoms with E-state index in [2.05, 4.69) is 20.5 Å². The Labute approximate surface area is 178 Å². The molecule has 1 atom stereocenters. The molecule has 4 aromatic rings. The smallest absolute Gasteiger partial charge is 0.280 e. The minimum atomic E-state index is -0.0512. The van der Waals surface area contributed by atoms with E-state index in [1.165, 1.54) is 0 Å². The van der Waals surface area contributed by atoms with Crippen LogP contribution in [0.4, 0.5) is 0 Å². The molecule has 0 aliphatic carbocycles. The van der Waals surface area contributed by atoms with E-state index in [-0.39, 0.29) is 11.9 Å². The highest BCUT2D eigenvalue weighted by atomic mass is 16.5. The third-order valence-electron chi connectivity index (χ3n) is 5.35. The monoisotopic (exact) mass is 416 g/mol. The molecular formula is C22H20N6O3. The highest BCUT2D eigenvalue weighted by Gasteiger charge is 2.30. The fraction of sp³-hybridized carbons (Fsp3) is 0.227. The first kappa shape index (κ1) is 19.0. The summed E-state index contributed by atoms with van der Waals surface area (Å²) in [5.74, 6) is 1.33. The predicted molar refractivity (Wildman–Crippen MR) is 111 cm³/mol. The summed E-state index contributed by atoms with van der Waals surface area (Å²) < 4.78 is 12.5. The quantitative estimate of drug-likeness (QED) is 0.493. The van der Waals surface area contributed by atoms with Crippen molar-refractivity contribution in [1.82, 2.24) is 30.0 Å². The number of aromatic nitrogens is 5. The van der Waals surface area contributed by atoms with Gasteiger partial charge in [0.05, 0.1) is 24.9 Å². The lowest BCUT2D eigenvalue weighted by Crippen LogP contribution is -2.29. The van der Waals surface area contributed by atoms with Gasteiger partial charge < -0.3 is 14.2 Å². The molecule has 31 heavy (non-hydrogen) atoms. The molecule has 1 saturated heterocycles. The standard InChI is InChI=1S/C22H20N6O3/c1-30-19-10-6-5-9-17(19)22(29)27-12-11-16(13-27)28-14-18(24-26-28)21-23-20(25-31-21)15-7-3-2-4-8-15/h2-10,14,16H,11-13H2,1H3. The summed E-state index contributed by atoms with van der Waals surface area (Å²) in [6.07, 6.45) is 2.56. The fourth-order valence-electron chi connectivity index (χ4n) is 3.72. The zero-order valence-corrected chi connectivity index (χ0v) is 16.9. The van der Waals surface area contributed by atoms with Gasteiger partial charge >= 0.3 is 0 Å². The average molecular weight is 416 g/mol. The van der Waals surface area contributed by atoms with Gasteiger partial charge in [-0.25, -0.2) is 4.68 Å². The number of para-hydroxylation sites is 1. The first-order valence-corrected chi connectivity index (χ1v) is 9.96. The van der Waals surface area contributed by atoms with E-state index in [4.69, 9.17) is 9.26 Å². The summed E-state index contributed by atoms with van der Waals surface area (Å²) in [5, 5.41) is 12.4. The number of carbonyl (C=O) groups excluding carboxylic acids is 1. The van der Waals surface area contributed by atoms with E-state index in [1.807, 2.05) is 47.4 Å². The second-order valence-electron chi connectivity index (χ2n) is 7.27. The maximum absolute atomic E-state index is 12.9. The van der Waals surface area contributed by atoms with Crippen LogP contribution in [0.1, 0.15) is 22.8 Å². The molecule has 0 N–H and O–H groups in total. The Kier molecular flexibility index (Phi) is 4.91. The van der Waals surface area contributed by atoms with Crippen LogP contribution in [0, 0.1) is 0 Å². The van der Waals surface area contributed by atoms with Gasteiger partial charge in [0.15, 0.2) is 5.69 Å². The van der Waals surface area contributed by atoms with Gasteiger partial charge in [0.2, 0.25) is 5.82 Å². The average Bonchev–Trinajstić information content (AvgIpc) is 3.59. The van der Waals surface area contributed by atoms with Crippen LogP contribution in [0.2, 0.25) is 0 Å². The molecule has 0 saturated carbocycles. The van der Waals surface area contributed by atoms with Crippen molar-refractivity contribution in [3.05, 3.63) is 66.4 Å². The minimum Gasteiger partial charge on any atom is -0.496 e. The molecule has 2 aromatic heterocycles. The van der Waals surface area contributed by atoms with Crippen molar-refractivity contribution in [2.24, 2.45) is 0 Å². The fourth-order valence-corrected chi connectivity index (χ4v) is 3.72. The number of hydrogen-bond donors (Lipinski definition) is 0. The molecule has 0 spiro atoms. The van der Waals surface area contributed by atoms with Crippen molar-refractivity contribution >= 4 is 5.91 Å². The second-order valence-corrected chi connectivity index (χ2v) is 7.27. The Hall–Kier alpha value is -4.01. The van der Waals surface area contributed by atoms with Crippen LogP contribution in [0.3, 0.4) is 0 Å². The largest absolute Gasteiger partial charge is 0.496 e. The van der Waals surface area contributed by atoms with Gasteiger partial charge in [0, 0.05) is 18.7 Å². The Balaban J connectivity index is 1.30. The number of benzene rings is 2. The number of carbonyl (C=O) groups is 1. The SMILES string of the molecule is COc1ccccc1C(=O)N1CCC(n2cc(-c3nc(-c4ccccc4)no3)nn2)C1. The number of nitrogens with zero attached hydrogens (tertiary/aromatic N) is 6.